The Bertz CT molecular complexity index is 612. The molecule has 0 fully saturated rings. The summed E-state index contributed by atoms with van der Waals surface area (Å²) < 4.78 is 18.7. The summed E-state index contributed by atoms with van der Waals surface area (Å²) in [5.74, 6) is -0.858. The van der Waals surface area contributed by atoms with E-state index < -0.39 is 11.7 Å². The van der Waals surface area contributed by atoms with Crippen molar-refractivity contribution in [2.45, 2.75) is 6.92 Å². The number of hydrogen-bond donors (Lipinski definition) is 1. The van der Waals surface area contributed by atoms with Crippen LogP contribution in [0.1, 0.15) is 16.1 Å². The van der Waals surface area contributed by atoms with Crippen molar-refractivity contribution >= 4 is 39.1 Å². The van der Waals surface area contributed by atoms with Crippen LogP contribution in [0.25, 0.3) is 0 Å². The number of rotatable bonds is 2. The minimum absolute atomic E-state index is 0.0720. The van der Waals surface area contributed by atoms with Crippen LogP contribution in [0, 0.1) is 12.7 Å². The molecule has 2 aromatic rings. The number of anilines is 1. The Morgan fingerprint density at radius 3 is 2.78 bits per heavy atom. The van der Waals surface area contributed by atoms with Crippen molar-refractivity contribution < 1.29 is 13.6 Å². The molecule has 6 heteroatoms. The highest BCUT2D eigenvalue weighted by atomic mass is 79.9. The highest BCUT2D eigenvalue weighted by Crippen LogP contribution is 2.24. The van der Waals surface area contributed by atoms with E-state index in [0.29, 0.717) is 10.2 Å². The van der Waals surface area contributed by atoms with Crippen LogP contribution in [0.15, 0.2) is 33.2 Å². The average Bonchev–Trinajstić information content (AvgIpc) is 2.73. The van der Waals surface area contributed by atoms with Crippen LogP contribution in [0.3, 0.4) is 0 Å². The van der Waals surface area contributed by atoms with E-state index >= 15 is 0 Å². The maximum Gasteiger partial charge on any atom is 0.291 e. The molecular formula is C12H8BrClFNO2. The fourth-order valence-electron chi connectivity index (χ4n) is 1.40. The fourth-order valence-corrected chi connectivity index (χ4v) is 2.01. The van der Waals surface area contributed by atoms with Crippen LogP contribution < -0.4 is 5.32 Å². The van der Waals surface area contributed by atoms with Crippen LogP contribution in [0.4, 0.5) is 10.1 Å². The van der Waals surface area contributed by atoms with Gasteiger partial charge in [-0.3, -0.25) is 4.79 Å². The topological polar surface area (TPSA) is 42.2 Å². The third-order valence-electron chi connectivity index (χ3n) is 2.31. The first-order valence-corrected chi connectivity index (χ1v) is 6.17. The van der Waals surface area contributed by atoms with E-state index in [0.717, 1.165) is 5.56 Å². The van der Waals surface area contributed by atoms with Gasteiger partial charge in [0.15, 0.2) is 11.0 Å². The molecule has 0 aliphatic rings. The molecule has 18 heavy (non-hydrogen) atoms. The minimum atomic E-state index is -0.480. The van der Waals surface area contributed by atoms with E-state index in [2.05, 4.69) is 21.2 Å². The highest BCUT2D eigenvalue weighted by molar-refractivity contribution is 9.10. The van der Waals surface area contributed by atoms with Gasteiger partial charge in [-0.25, -0.2) is 4.39 Å². The highest BCUT2D eigenvalue weighted by Gasteiger charge is 2.13. The predicted molar refractivity (Wildman–Crippen MR) is 70.5 cm³/mol. The SMILES string of the molecule is Cc1cc(Br)c(F)cc1NC(=O)c1ccc(Cl)o1. The van der Waals surface area contributed by atoms with Gasteiger partial charge in [0.1, 0.15) is 5.82 Å². The van der Waals surface area contributed by atoms with Crippen molar-refractivity contribution in [1.82, 2.24) is 0 Å². The standard InChI is InChI=1S/C12H8BrClFNO2/c1-6-4-7(13)8(15)5-9(6)16-12(17)10-2-3-11(14)18-10/h2-5H,1H3,(H,16,17). The molecule has 2 rings (SSSR count). The van der Waals surface area contributed by atoms with Gasteiger partial charge in [-0.1, -0.05) is 0 Å². The lowest BCUT2D eigenvalue weighted by atomic mass is 10.2. The van der Waals surface area contributed by atoms with E-state index in [-0.39, 0.29) is 11.0 Å². The molecule has 0 saturated carbocycles. The number of benzene rings is 1. The van der Waals surface area contributed by atoms with Gasteiger partial charge in [-0.2, -0.15) is 0 Å². The molecule has 0 bridgehead atoms. The Morgan fingerprint density at radius 1 is 1.44 bits per heavy atom. The zero-order valence-electron chi connectivity index (χ0n) is 9.26. The third kappa shape index (κ3) is 2.73. The summed E-state index contributed by atoms with van der Waals surface area (Å²) in [6, 6.07) is 5.73. The molecule has 0 aliphatic heterocycles. The van der Waals surface area contributed by atoms with Crippen molar-refractivity contribution in [3.05, 3.63) is 51.1 Å². The molecule has 1 aromatic heterocycles. The second-order valence-corrected chi connectivity index (χ2v) is 4.87. The Kier molecular flexibility index (Phi) is 3.73. The maximum atomic E-state index is 13.4. The molecular weight excluding hydrogens is 324 g/mol. The smallest absolute Gasteiger partial charge is 0.291 e. The lowest BCUT2D eigenvalue weighted by Gasteiger charge is -2.08. The Morgan fingerprint density at radius 2 is 2.17 bits per heavy atom. The van der Waals surface area contributed by atoms with Crippen LogP contribution in [0.2, 0.25) is 5.22 Å². The van der Waals surface area contributed by atoms with Gasteiger partial charge in [-0.15, -0.1) is 0 Å². The van der Waals surface area contributed by atoms with E-state index in [9.17, 15) is 9.18 Å². The second kappa shape index (κ2) is 5.12. The third-order valence-corrected chi connectivity index (χ3v) is 3.12. The second-order valence-electron chi connectivity index (χ2n) is 3.64. The number of aryl methyl sites for hydroxylation is 1. The van der Waals surface area contributed by atoms with E-state index in [1.807, 2.05) is 0 Å². The molecule has 94 valence electrons. The van der Waals surface area contributed by atoms with Crippen LogP contribution >= 0.6 is 27.5 Å². The van der Waals surface area contributed by atoms with Crippen molar-refractivity contribution in [3.63, 3.8) is 0 Å². The Balaban J connectivity index is 2.24. The van der Waals surface area contributed by atoms with Gasteiger partial charge in [0, 0.05) is 5.69 Å². The minimum Gasteiger partial charge on any atom is -0.440 e. The molecule has 3 nitrogen and oxygen atoms in total. The number of carbonyl (C=O) groups excluding carboxylic acids is 1. The predicted octanol–water partition coefficient (Wildman–Crippen LogP) is 4.40. The van der Waals surface area contributed by atoms with E-state index in [1.54, 1.807) is 13.0 Å². The van der Waals surface area contributed by atoms with Gasteiger partial charge in [-0.05, 0) is 64.3 Å². The summed E-state index contributed by atoms with van der Waals surface area (Å²) in [6.07, 6.45) is 0. The van der Waals surface area contributed by atoms with Gasteiger partial charge in [0.05, 0.1) is 4.47 Å². The molecule has 1 N–H and O–H groups in total. The quantitative estimate of drug-likeness (QED) is 0.886. The summed E-state index contributed by atoms with van der Waals surface area (Å²) in [5.41, 5.74) is 1.11. The molecule has 0 unspecified atom stereocenters. The molecule has 0 saturated heterocycles. The van der Waals surface area contributed by atoms with Crippen LogP contribution in [0.5, 0.6) is 0 Å². The van der Waals surface area contributed by atoms with Gasteiger partial charge >= 0.3 is 0 Å². The number of carbonyl (C=O) groups is 1. The number of hydrogen-bond acceptors (Lipinski definition) is 2. The monoisotopic (exact) mass is 331 g/mol. The lowest BCUT2D eigenvalue weighted by Crippen LogP contribution is -2.12. The molecule has 1 amide bonds. The van der Waals surface area contributed by atoms with Crippen LogP contribution in [-0.2, 0) is 0 Å². The average molecular weight is 333 g/mol. The number of amides is 1. The fraction of sp³-hybridized carbons (Fsp3) is 0.0833. The largest absolute Gasteiger partial charge is 0.440 e. The van der Waals surface area contributed by atoms with Crippen LogP contribution in [-0.4, -0.2) is 5.91 Å². The van der Waals surface area contributed by atoms with E-state index in [1.165, 1.54) is 18.2 Å². The first-order chi connectivity index (χ1) is 8.47. The zero-order chi connectivity index (χ0) is 13.3. The van der Waals surface area contributed by atoms with Crippen molar-refractivity contribution in [2.75, 3.05) is 5.32 Å². The van der Waals surface area contributed by atoms with Gasteiger partial charge in [0.2, 0.25) is 0 Å². The number of furan rings is 1. The molecule has 0 radical (unpaired) electrons. The molecule has 1 aromatic carbocycles. The Labute approximate surface area is 116 Å². The number of nitrogens with one attached hydrogen (secondary N) is 1. The summed E-state index contributed by atoms with van der Waals surface area (Å²) in [6.45, 7) is 1.76. The van der Waals surface area contributed by atoms with Crippen molar-refractivity contribution in [3.8, 4) is 0 Å². The first-order valence-electron chi connectivity index (χ1n) is 4.99. The lowest BCUT2D eigenvalue weighted by molar-refractivity contribution is 0.0996. The summed E-state index contributed by atoms with van der Waals surface area (Å²) in [7, 11) is 0. The van der Waals surface area contributed by atoms with Crippen molar-refractivity contribution in [1.29, 1.82) is 0 Å². The summed E-state index contributed by atoms with van der Waals surface area (Å²) in [4.78, 5) is 11.8. The molecule has 1 heterocycles. The molecule has 0 atom stereocenters. The maximum absolute atomic E-state index is 13.4. The van der Waals surface area contributed by atoms with Gasteiger partial charge in [0.25, 0.3) is 5.91 Å². The number of halogens is 3. The normalized spacial score (nSPS) is 10.4. The molecule has 0 aliphatic carbocycles. The first kappa shape index (κ1) is 13.1. The van der Waals surface area contributed by atoms with E-state index in [4.69, 9.17) is 16.0 Å². The molecule has 0 spiro atoms. The zero-order valence-corrected chi connectivity index (χ0v) is 11.6. The van der Waals surface area contributed by atoms with Gasteiger partial charge < -0.3 is 9.73 Å². The summed E-state index contributed by atoms with van der Waals surface area (Å²) in [5, 5.41) is 2.68. The summed E-state index contributed by atoms with van der Waals surface area (Å²) >= 11 is 8.64. The Hall–Kier alpha value is -1.33. The van der Waals surface area contributed by atoms with Crippen molar-refractivity contribution in [2.24, 2.45) is 0 Å².